The molecule has 4 rings (SSSR count). The molecule has 3 aromatic heterocycles. The van der Waals surface area contributed by atoms with Crippen LogP contribution in [0.1, 0.15) is 68.6 Å². The first kappa shape index (κ1) is 22.2. The minimum atomic E-state index is -0.0708. The van der Waals surface area contributed by atoms with Crippen LogP contribution in [0.3, 0.4) is 0 Å². The first-order valence-corrected chi connectivity index (χ1v) is 11.9. The molecule has 0 saturated heterocycles. The van der Waals surface area contributed by atoms with E-state index in [2.05, 4.69) is 82.7 Å². The number of hydrogen-bond donors (Lipinski definition) is 0. The monoisotopic (exact) mass is 448 g/mol. The third-order valence-corrected chi connectivity index (χ3v) is 6.38. The van der Waals surface area contributed by atoms with Gasteiger partial charge in [-0.1, -0.05) is 62.8 Å². The van der Waals surface area contributed by atoms with Crippen LogP contribution in [-0.2, 0) is 12.8 Å². The molecule has 0 aliphatic heterocycles. The van der Waals surface area contributed by atoms with Crippen LogP contribution in [-0.4, -0.2) is 29.9 Å². The molecule has 32 heavy (non-hydrogen) atoms. The highest BCUT2D eigenvalue weighted by atomic mass is 32.2. The van der Waals surface area contributed by atoms with E-state index in [0.717, 1.165) is 40.9 Å². The predicted octanol–water partition coefficient (Wildman–Crippen LogP) is 5.81. The molecule has 0 saturated carbocycles. The quantitative estimate of drug-likeness (QED) is 0.314. The zero-order valence-electron chi connectivity index (χ0n) is 19.1. The molecule has 7 nitrogen and oxygen atoms in total. The molecule has 166 valence electrons. The van der Waals surface area contributed by atoms with Crippen LogP contribution in [0.2, 0.25) is 0 Å². The molecular formula is C24H28N6OS. The Hall–Kier alpha value is -3.00. The summed E-state index contributed by atoms with van der Waals surface area (Å²) in [5.41, 5.74) is 4.57. The van der Waals surface area contributed by atoms with Gasteiger partial charge in [0.05, 0.1) is 10.9 Å². The van der Waals surface area contributed by atoms with E-state index >= 15 is 0 Å². The van der Waals surface area contributed by atoms with Gasteiger partial charge in [-0.3, -0.25) is 9.55 Å². The van der Waals surface area contributed by atoms with Crippen LogP contribution >= 0.6 is 11.8 Å². The Morgan fingerprint density at radius 3 is 2.34 bits per heavy atom. The molecule has 4 aromatic rings. The minimum Gasteiger partial charge on any atom is -0.338 e. The second kappa shape index (κ2) is 9.65. The Kier molecular flexibility index (Phi) is 6.69. The predicted molar refractivity (Wildman–Crippen MR) is 126 cm³/mol. The van der Waals surface area contributed by atoms with E-state index in [4.69, 9.17) is 4.52 Å². The molecule has 0 amide bonds. The highest BCUT2D eigenvalue weighted by Crippen LogP contribution is 2.38. The van der Waals surface area contributed by atoms with E-state index in [1.807, 2.05) is 18.3 Å². The van der Waals surface area contributed by atoms with Crippen molar-refractivity contribution in [2.24, 2.45) is 0 Å². The molecule has 0 fully saturated rings. The minimum absolute atomic E-state index is 0.0708. The Balaban J connectivity index is 1.83. The van der Waals surface area contributed by atoms with Gasteiger partial charge in [0.25, 0.3) is 0 Å². The van der Waals surface area contributed by atoms with Gasteiger partial charge in [0.15, 0.2) is 16.8 Å². The Morgan fingerprint density at radius 1 is 1.00 bits per heavy atom. The van der Waals surface area contributed by atoms with Gasteiger partial charge in [-0.25, -0.2) is 0 Å². The lowest BCUT2D eigenvalue weighted by molar-refractivity contribution is 0.373. The number of thioether (sulfide) groups is 1. The fraction of sp³-hybridized carbons (Fsp3) is 0.375. The molecule has 0 aliphatic carbocycles. The number of pyridine rings is 1. The van der Waals surface area contributed by atoms with Crippen molar-refractivity contribution >= 4 is 11.8 Å². The average Bonchev–Trinajstić information content (AvgIpc) is 3.47. The molecule has 0 N–H and O–H groups in total. The van der Waals surface area contributed by atoms with Crippen molar-refractivity contribution in [3.8, 4) is 17.1 Å². The topological polar surface area (TPSA) is 82.5 Å². The molecule has 0 bridgehead atoms. The summed E-state index contributed by atoms with van der Waals surface area (Å²) in [7, 11) is 0. The summed E-state index contributed by atoms with van der Waals surface area (Å²) in [4.78, 5) is 8.87. The van der Waals surface area contributed by atoms with Crippen LogP contribution in [0.15, 0.2) is 52.4 Å². The lowest BCUT2D eigenvalue weighted by Crippen LogP contribution is -2.07. The van der Waals surface area contributed by atoms with Crippen LogP contribution < -0.4 is 0 Å². The third kappa shape index (κ3) is 4.32. The second-order valence-corrected chi connectivity index (χ2v) is 9.23. The first-order valence-electron chi connectivity index (χ1n) is 11.0. The Morgan fingerprint density at radius 2 is 1.75 bits per heavy atom. The molecule has 8 heteroatoms. The van der Waals surface area contributed by atoms with E-state index < -0.39 is 0 Å². The van der Waals surface area contributed by atoms with Gasteiger partial charge in [0.1, 0.15) is 0 Å². The molecule has 1 unspecified atom stereocenters. The highest BCUT2D eigenvalue weighted by Gasteiger charge is 2.24. The number of aromatic nitrogens is 6. The van der Waals surface area contributed by atoms with Crippen LogP contribution in [0.5, 0.6) is 0 Å². The molecule has 0 radical (unpaired) electrons. The first-order chi connectivity index (χ1) is 15.5. The zero-order valence-corrected chi connectivity index (χ0v) is 19.9. The van der Waals surface area contributed by atoms with Gasteiger partial charge in [0.2, 0.25) is 5.89 Å². The van der Waals surface area contributed by atoms with Crippen LogP contribution in [0.25, 0.3) is 17.1 Å². The van der Waals surface area contributed by atoms with E-state index in [0.29, 0.717) is 5.89 Å². The smallest absolute Gasteiger partial charge is 0.239 e. The fourth-order valence-corrected chi connectivity index (χ4v) is 4.47. The lowest BCUT2D eigenvalue weighted by atomic mass is 10.0. The number of rotatable bonds is 8. The van der Waals surface area contributed by atoms with Gasteiger partial charge in [-0.2, -0.15) is 4.98 Å². The number of benzene rings is 1. The summed E-state index contributed by atoms with van der Waals surface area (Å²) < 4.78 is 7.70. The third-order valence-electron chi connectivity index (χ3n) is 5.35. The SMILES string of the molecule is CCc1cccc(CC)c1-n1c(SC(C)c2nc(C(C)C)no2)nnc1-c1cccnc1. The summed E-state index contributed by atoms with van der Waals surface area (Å²) in [5.74, 6) is 2.30. The normalized spacial score (nSPS) is 12.4. The molecular weight excluding hydrogens is 420 g/mol. The van der Waals surface area contributed by atoms with Crippen molar-refractivity contribution in [1.29, 1.82) is 0 Å². The van der Waals surface area contributed by atoms with E-state index in [1.54, 1.807) is 18.0 Å². The molecule has 0 aliphatic rings. The van der Waals surface area contributed by atoms with Gasteiger partial charge in [0, 0.05) is 23.9 Å². The maximum absolute atomic E-state index is 5.54. The van der Waals surface area contributed by atoms with Crippen molar-refractivity contribution in [3.05, 3.63) is 65.6 Å². The standard InChI is InChI=1S/C24H28N6OS/c1-6-17-10-8-11-18(7-2)20(17)30-22(19-12-9-13-25-14-19)27-28-24(30)32-16(5)23-26-21(15(3)4)29-31-23/h8-16H,6-7H2,1-5H3. The van der Waals surface area contributed by atoms with Crippen LogP contribution in [0.4, 0.5) is 0 Å². The Labute approximate surface area is 192 Å². The van der Waals surface area contributed by atoms with E-state index in [9.17, 15) is 0 Å². The van der Waals surface area contributed by atoms with Crippen molar-refractivity contribution in [2.75, 3.05) is 0 Å². The maximum Gasteiger partial charge on any atom is 0.239 e. The van der Waals surface area contributed by atoms with E-state index in [-0.39, 0.29) is 11.2 Å². The van der Waals surface area contributed by atoms with Crippen molar-refractivity contribution < 1.29 is 4.52 Å². The summed E-state index contributed by atoms with van der Waals surface area (Å²) in [6, 6.07) is 10.4. The summed E-state index contributed by atoms with van der Waals surface area (Å²) >= 11 is 1.57. The number of hydrogen-bond acceptors (Lipinski definition) is 7. The van der Waals surface area contributed by atoms with E-state index in [1.165, 1.54) is 11.1 Å². The van der Waals surface area contributed by atoms with Crippen molar-refractivity contribution in [2.45, 2.75) is 63.8 Å². The van der Waals surface area contributed by atoms with Gasteiger partial charge < -0.3 is 4.52 Å². The maximum atomic E-state index is 5.54. The zero-order chi connectivity index (χ0) is 22.7. The van der Waals surface area contributed by atoms with Crippen molar-refractivity contribution in [1.82, 2.24) is 29.9 Å². The second-order valence-electron chi connectivity index (χ2n) is 7.92. The lowest BCUT2D eigenvalue weighted by Gasteiger charge is -2.18. The highest BCUT2D eigenvalue weighted by molar-refractivity contribution is 7.99. The molecule has 3 heterocycles. The largest absolute Gasteiger partial charge is 0.338 e. The van der Waals surface area contributed by atoms with Gasteiger partial charge in [-0.05, 0) is 43.0 Å². The van der Waals surface area contributed by atoms with Gasteiger partial charge >= 0.3 is 0 Å². The number of nitrogens with zero attached hydrogens (tertiary/aromatic N) is 6. The molecule has 1 aromatic carbocycles. The molecule has 0 spiro atoms. The summed E-state index contributed by atoms with van der Waals surface area (Å²) in [6.45, 7) is 10.5. The van der Waals surface area contributed by atoms with Gasteiger partial charge in [-0.15, -0.1) is 10.2 Å². The van der Waals surface area contributed by atoms with Crippen LogP contribution in [0, 0.1) is 0 Å². The fourth-order valence-electron chi connectivity index (χ4n) is 3.59. The summed E-state index contributed by atoms with van der Waals surface area (Å²) in [5, 5.41) is 14.0. The summed E-state index contributed by atoms with van der Waals surface area (Å²) in [6.07, 6.45) is 5.41. The molecule has 1 atom stereocenters. The number of aryl methyl sites for hydroxylation is 2. The van der Waals surface area contributed by atoms with Crippen molar-refractivity contribution in [3.63, 3.8) is 0 Å². The average molecular weight is 449 g/mol. The Bertz CT molecular complexity index is 1160. The number of para-hydroxylation sites is 1.